The lowest BCUT2D eigenvalue weighted by Gasteiger charge is -2.34. The first-order valence-electron chi connectivity index (χ1n) is 20.0. The van der Waals surface area contributed by atoms with Crippen LogP contribution in [-0.4, -0.2) is 9.13 Å². The van der Waals surface area contributed by atoms with Crippen molar-refractivity contribution < 1.29 is 4.42 Å². The van der Waals surface area contributed by atoms with Crippen molar-refractivity contribution in [2.24, 2.45) is 0 Å². The van der Waals surface area contributed by atoms with Gasteiger partial charge in [0.05, 0.1) is 27.5 Å². The SMILES string of the molecule is c1ccc(-n2c3ccccc3c3cc4c5cc(C6(c7cccc8c7oc7ccccc78)c7ccccc7-c7ccccc76)ccc5n(-c5ccccc5)c4cc32)cc1. The van der Waals surface area contributed by atoms with Crippen LogP contribution in [0.25, 0.3) is 88.1 Å². The van der Waals surface area contributed by atoms with Crippen molar-refractivity contribution in [1.82, 2.24) is 9.13 Å². The maximum absolute atomic E-state index is 6.91. The quantitative estimate of drug-likeness (QED) is 0.176. The van der Waals surface area contributed by atoms with E-state index < -0.39 is 5.41 Å². The first-order valence-corrected chi connectivity index (χ1v) is 20.0. The topological polar surface area (TPSA) is 23.0 Å². The van der Waals surface area contributed by atoms with Gasteiger partial charge in [0.25, 0.3) is 0 Å². The minimum absolute atomic E-state index is 0.649. The Morgan fingerprint density at radius 2 is 0.845 bits per heavy atom. The molecule has 0 saturated heterocycles. The summed E-state index contributed by atoms with van der Waals surface area (Å²) in [5, 5.41) is 7.19. The Morgan fingerprint density at radius 1 is 0.328 bits per heavy atom. The van der Waals surface area contributed by atoms with Gasteiger partial charge in [0.1, 0.15) is 11.2 Å². The number of hydrogen-bond acceptors (Lipinski definition) is 1. The molecule has 0 spiro atoms. The van der Waals surface area contributed by atoms with Gasteiger partial charge in [-0.15, -0.1) is 0 Å². The second-order valence-electron chi connectivity index (χ2n) is 15.6. The summed E-state index contributed by atoms with van der Waals surface area (Å²) in [6.45, 7) is 0. The van der Waals surface area contributed by atoms with Gasteiger partial charge in [0, 0.05) is 49.3 Å². The molecule has 1 aliphatic rings. The van der Waals surface area contributed by atoms with Crippen LogP contribution < -0.4 is 0 Å². The van der Waals surface area contributed by atoms with Crippen LogP contribution in [0.5, 0.6) is 0 Å². The lowest BCUT2D eigenvalue weighted by atomic mass is 9.67. The Morgan fingerprint density at radius 3 is 1.55 bits per heavy atom. The summed E-state index contributed by atoms with van der Waals surface area (Å²) in [5.74, 6) is 0. The van der Waals surface area contributed by atoms with Gasteiger partial charge in [-0.2, -0.15) is 0 Å². The highest BCUT2D eigenvalue weighted by atomic mass is 16.3. The smallest absolute Gasteiger partial charge is 0.140 e. The Balaban J connectivity index is 1.19. The molecular weight excluding hydrogens is 705 g/mol. The summed E-state index contributed by atoms with van der Waals surface area (Å²) in [5.41, 5.74) is 15.6. The highest BCUT2D eigenvalue weighted by molar-refractivity contribution is 6.19. The van der Waals surface area contributed by atoms with E-state index >= 15 is 0 Å². The molecule has 58 heavy (non-hydrogen) atoms. The third-order valence-electron chi connectivity index (χ3n) is 12.8. The number of nitrogens with zero attached hydrogens (tertiary/aromatic N) is 2. The molecule has 0 bridgehead atoms. The normalized spacial score (nSPS) is 13.3. The Kier molecular flexibility index (Phi) is 6.37. The molecule has 1 aliphatic carbocycles. The van der Waals surface area contributed by atoms with Crippen molar-refractivity contribution in [3.63, 3.8) is 0 Å². The number of para-hydroxylation sites is 5. The van der Waals surface area contributed by atoms with Crippen molar-refractivity contribution in [2.45, 2.75) is 5.41 Å². The molecule has 3 heterocycles. The zero-order chi connectivity index (χ0) is 38.0. The summed E-state index contributed by atoms with van der Waals surface area (Å²) in [4.78, 5) is 0. The molecule has 13 rings (SSSR count). The first kappa shape index (κ1) is 31.6. The number of benzene rings is 9. The van der Waals surface area contributed by atoms with Crippen molar-refractivity contribution in [3.05, 3.63) is 229 Å². The van der Waals surface area contributed by atoms with Crippen LogP contribution in [0.2, 0.25) is 0 Å². The average Bonchev–Trinajstić information content (AvgIpc) is 4.01. The molecule has 0 amide bonds. The Hall–Kier alpha value is -7.62. The maximum atomic E-state index is 6.91. The minimum Gasteiger partial charge on any atom is -0.456 e. The van der Waals surface area contributed by atoms with E-state index in [9.17, 15) is 0 Å². The van der Waals surface area contributed by atoms with E-state index in [0.29, 0.717) is 0 Å². The van der Waals surface area contributed by atoms with Gasteiger partial charge in [-0.1, -0.05) is 146 Å². The van der Waals surface area contributed by atoms with Crippen LogP contribution in [0.4, 0.5) is 0 Å². The van der Waals surface area contributed by atoms with Crippen LogP contribution in [0.3, 0.4) is 0 Å². The summed E-state index contributed by atoms with van der Waals surface area (Å²) in [6.07, 6.45) is 0. The minimum atomic E-state index is -0.649. The van der Waals surface area contributed by atoms with Gasteiger partial charge in [0.2, 0.25) is 0 Å². The van der Waals surface area contributed by atoms with E-state index in [1.54, 1.807) is 0 Å². The van der Waals surface area contributed by atoms with Crippen molar-refractivity contribution in [1.29, 1.82) is 0 Å². The van der Waals surface area contributed by atoms with Crippen LogP contribution >= 0.6 is 0 Å². The van der Waals surface area contributed by atoms with Gasteiger partial charge >= 0.3 is 0 Å². The second kappa shape index (κ2) is 11.7. The lowest BCUT2D eigenvalue weighted by molar-refractivity contribution is 0.648. The van der Waals surface area contributed by atoms with Crippen LogP contribution in [0.15, 0.2) is 211 Å². The molecule has 0 atom stereocenters. The van der Waals surface area contributed by atoms with Gasteiger partial charge in [0.15, 0.2) is 0 Å². The molecule has 3 nitrogen and oxygen atoms in total. The van der Waals surface area contributed by atoms with Crippen molar-refractivity contribution in [3.8, 4) is 22.5 Å². The number of aromatic nitrogens is 2. The third-order valence-corrected chi connectivity index (χ3v) is 12.8. The zero-order valence-electron chi connectivity index (χ0n) is 31.4. The van der Waals surface area contributed by atoms with Gasteiger partial charge < -0.3 is 13.6 Å². The monoisotopic (exact) mass is 738 g/mol. The van der Waals surface area contributed by atoms with E-state index in [1.807, 2.05) is 0 Å². The van der Waals surface area contributed by atoms with E-state index in [-0.39, 0.29) is 0 Å². The lowest BCUT2D eigenvalue weighted by Crippen LogP contribution is -2.28. The molecule has 0 aliphatic heterocycles. The van der Waals surface area contributed by atoms with Crippen LogP contribution in [0.1, 0.15) is 22.3 Å². The Bertz CT molecular complexity index is 3580. The standard InChI is InChI=1S/C55H34N2O/c1-3-16-36(17-4-1)56-49-28-13-9-22-40(49)44-33-45-43-32-35(30-31-50(43)57(52(45)34-51(44)56)37-18-5-2-6-19-37)55(46-25-11-7-20-38(46)39-21-8-12-26-47(39)55)48-27-15-24-42-41-23-10-14-29-53(41)58-54(42)48/h1-34H. The Labute approximate surface area is 334 Å². The van der Waals surface area contributed by atoms with Crippen molar-refractivity contribution in [2.75, 3.05) is 0 Å². The van der Waals surface area contributed by atoms with Crippen LogP contribution in [-0.2, 0) is 5.41 Å². The largest absolute Gasteiger partial charge is 0.456 e. The van der Waals surface area contributed by atoms with E-state index in [2.05, 4.69) is 215 Å². The molecule has 0 radical (unpaired) electrons. The van der Waals surface area contributed by atoms with Gasteiger partial charge in [-0.25, -0.2) is 0 Å². The van der Waals surface area contributed by atoms with Gasteiger partial charge in [-0.05, 0) is 88.5 Å². The zero-order valence-corrected chi connectivity index (χ0v) is 31.4. The number of furan rings is 1. The van der Waals surface area contributed by atoms with Gasteiger partial charge in [-0.3, -0.25) is 0 Å². The number of fused-ring (bicyclic) bond motifs is 12. The van der Waals surface area contributed by atoms with E-state index in [0.717, 1.165) is 38.9 Å². The first-order chi connectivity index (χ1) is 28.8. The average molecular weight is 739 g/mol. The molecule has 0 saturated carbocycles. The predicted octanol–water partition coefficient (Wildman–Crippen LogP) is 14.1. The fourth-order valence-electron chi connectivity index (χ4n) is 10.5. The molecule has 3 aromatic heterocycles. The number of rotatable bonds is 4. The van der Waals surface area contributed by atoms with E-state index in [4.69, 9.17) is 4.42 Å². The summed E-state index contributed by atoms with van der Waals surface area (Å²) >= 11 is 0. The third kappa shape index (κ3) is 4.07. The summed E-state index contributed by atoms with van der Waals surface area (Å²) in [6, 6.07) is 75.5. The molecule has 0 unspecified atom stereocenters. The summed E-state index contributed by atoms with van der Waals surface area (Å²) < 4.78 is 11.8. The highest BCUT2D eigenvalue weighted by Crippen LogP contribution is 2.58. The fraction of sp³-hybridized carbons (Fsp3) is 0.0182. The molecule has 0 fully saturated rings. The fourth-order valence-corrected chi connectivity index (χ4v) is 10.5. The highest BCUT2D eigenvalue weighted by Gasteiger charge is 2.47. The molecule has 3 heteroatoms. The molecule has 270 valence electrons. The second-order valence-corrected chi connectivity index (χ2v) is 15.6. The van der Waals surface area contributed by atoms with Crippen LogP contribution in [0, 0.1) is 0 Å². The maximum Gasteiger partial charge on any atom is 0.140 e. The van der Waals surface area contributed by atoms with E-state index in [1.165, 1.54) is 71.4 Å². The molecular formula is C55H34N2O. The molecule has 9 aromatic carbocycles. The molecule has 12 aromatic rings. The predicted molar refractivity (Wildman–Crippen MR) is 240 cm³/mol. The van der Waals surface area contributed by atoms with Crippen molar-refractivity contribution >= 4 is 65.6 Å². The summed E-state index contributed by atoms with van der Waals surface area (Å²) in [7, 11) is 0. The number of hydrogen-bond donors (Lipinski definition) is 0. The molecule has 0 N–H and O–H groups in total.